The Hall–Kier alpha value is -0.510. The molecule has 0 bridgehead atoms. The van der Waals surface area contributed by atoms with E-state index in [0.717, 1.165) is 12.1 Å². The highest BCUT2D eigenvalue weighted by Gasteiger charge is 2.30. The van der Waals surface area contributed by atoms with E-state index in [1.807, 2.05) is 27.7 Å². The monoisotopic (exact) mass is 298 g/mol. The SMILES string of the molecule is CC.CC.Cc1cc(Br)cc(C(F)(F)F)c1. The molecule has 0 aliphatic rings. The van der Waals surface area contributed by atoms with Crippen LogP contribution < -0.4 is 0 Å². The van der Waals surface area contributed by atoms with E-state index in [9.17, 15) is 13.2 Å². The molecule has 0 aromatic heterocycles. The second kappa shape index (κ2) is 8.62. The average molecular weight is 299 g/mol. The lowest BCUT2D eigenvalue weighted by molar-refractivity contribution is -0.137. The first-order chi connectivity index (χ1) is 7.39. The van der Waals surface area contributed by atoms with Gasteiger partial charge in [0.1, 0.15) is 0 Å². The first kappa shape index (κ1) is 17.9. The molecule has 1 aromatic rings. The summed E-state index contributed by atoms with van der Waals surface area (Å²) in [5.74, 6) is 0. The van der Waals surface area contributed by atoms with Crippen molar-refractivity contribution >= 4 is 15.9 Å². The predicted molar refractivity (Wildman–Crippen MR) is 66.6 cm³/mol. The second-order valence-electron chi connectivity index (χ2n) is 2.52. The van der Waals surface area contributed by atoms with Crippen LogP contribution in [0.3, 0.4) is 0 Å². The fourth-order valence-electron chi connectivity index (χ4n) is 0.900. The molecule has 0 N–H and O–H groups in total. The standard InChI is InChI=1S/C8H6BrF3.2C2H6/c1-5-2-6(8(10,11)12)4-7(9)3-5;2*1-2/h2-4H,1H3;2*1-2H3. The van der Waals surface area contributed by atoms with E-state index in [4.69, 9.17) is 0 Å². The number of alkyl halides is 3. The highest BCUT2D eigenvalue weighted by atomic mass is 79.9. The number of hydrogen-bond acceptors (Lipinski definition) is 0. The smallest absolute Gasteiger partial charge is 0.166 e. The van der Waals surface area contributed by atoms with Gasteiger partial charge in [0.25, 0.3) is 0 Å². The molecule has 0 heterocycles. The maximum Gasteiger partial charge on any atom is 0.416 e. The summed E-state index contributed by atoms with van der Waals surface area (Å²) in [6.45, 7) is 9.62. The Kier molecular flexibility index (Phi) is 9.63. The third-order valence-electron chi connectivity index (χ3n) is 1.37. The van der Waals surface area contributed by atoms with Crippen LogP contribution in [-0.2, 0) is 6.18 Å². The zero-order valence-electron chi connectivity index (χ0n) is 10.2. The summed E-state index contributed by atoms with van der Waals surface area (Å²) in [5.41, 5.74) is -0.0222. The van der Waals surface area contributed by atoms with Crippen LogP contribution in [0.1, 0.15) is 38.8 Å². The molecular weight excluding hydrogens is 281 g/mol. The highest BCUT2D eigenvalue weighted by molar-refractivity contribution is 9.10. The number of hydrogen-bond donors (Lipinski definition) is 0. The summed E-state index contributed by atoms with van der Waals surface area (Å²) < 4.78 is 36.8. The number of rotatable bonds is 0. The summed E-state index contributed by atoms with van der Waals surface area (Å²) in [6, 6.07) is 3.81. The Morgan fingerprint density at radius 3 is 1.69 bits per heavy atom. The van der Waals surface area contributed by atoms with Gasteiger partial charge in [0, 0.05) is 4.47 Å². The molecule has 16 heavy (non-hydrogen) atoms. The summed E-state index contributed by atoms with van der Waals surface area (Å²) in [5, 5.41) is 0. The summed E-state index contributed by atoms with van der Waals surface area (Å²) in [7, 11) is 0. The van der Waals surface area contributed by atoms with Gasteiger partial charge >= 0.3 is 6.18 Å². The topological polar surface area (TPSA) is 0 Å². The lowest BCUT2D eigenvalue weighted by Crippen LogP contribution is -2.04. The van der Waals surface area contributed by atoms with Crippen molar-refractivity contribution in [2.24, 2.45) is 0 Å². The normalized spacial score (nSPS) is 9.56. The van der Waals surface area contributed by atoms with Crippen molar-refractivity contribution in [1.82, 2.24) is 0 Å². The first-order valence-electron chi connectivity index (χ1n) is 5.24. The van der Waals surface area contributed by atoms with Crippen LogP contribution in [0.15, 0.2) is 22.7 Å². The molecule has 0 aliphatic heterocycles. The van der Waals surface area contributed by atoms with Crippen molar-refractivity contribution in [3.05, 3.63) is 33.8 Å². The van der Waals surface area contributed by atoms with Crippen LogP contribution in [-0.4, -0.2) is 0 Å². The minimum Gasteiger partial charge on any atom is -0.166 e. The Bertz CT molecular complexity index is 273. The summed E-state index contributed by atoms with van der Waals surface area (Å²) in [4.78, 5) is 0. The van der Waals surface area contributed by atoms with Crippen LogP contribution in [0, 0.1) is 6.92 Å². The quantitative estimate of drug-likeness (QED) is 0.565. The molecule has 4 heteroatoms. The van der Waals surface area contributed by atoms with Gasteiger partial charge in [-0.2, -0.15) is 13.2 Å². The third kappa shape index (κ3) is 6.88. The maximum absolute atomic E-state index is 12.1. The largest absolute Gasteiger partial charge is 0.416 e. The predicted octanol–water partition coefficient (Wildman–Crippen LogP) is 5.83. The molecule has 94 valence electrons. The Morgan fingerprint density at radius 1 is 0.938 bits per heavy atom. The van der Waals surface area contributed by atoms with Gasteiger partial charge in [-0.25, -0.2) is 0 Å². The van der Waals surface area contributed by atoms with Crippen LogP contribution >= 0.6 is 15.9 Å². The van der Waals surface area contributed by atoms with Crippen molar-refractivity contribution in [3.8, 4) is 0 Å². The lowest BCUT2D eigenvalue weighted by Gasteiger charge is -2.07. The van der Waals surface area contributed by atoms with Crippen LogP contribution in [0.2, 0.25) is 0 Å². The van der Waals surface area contributed by atoms with Crippen LogP contribution in [0.4, 0.5) is 13.2 Å². The van der Waals surface area contributed by atoms with Gasteiger partial charge in [-0.15, -0.1) is 0 Å². The van der Waals surface area contributed by atoms with Gasteiger partial charge < -0.3 is 0 Å². The lowest BCUT2D eigenvalue weighted by atomic mass is 10.1. The molecular formula is C12H18BrF3. The Morgan fingerprint density at radius 2 is 1.38 bits per heavy atom. The second-order valence-corrected chi connectivity index (χ2v) is 3.43. The average Bonchev–Trinajstić information content (AvgIpc) is 2.21. The van der Waals surface area contributed by atoms with E-state index in [0.29, 0.717) is 10.0 Å². The molecule has 0 nitrogen and oxygen atoms in total. The van der Waals surface area contributed by atoms with Crippen LogP contribution in [0.5, 0.6) is 0 Å². The van der Waals surface area contributed by atoms with Crippen molar-refractivity contribution in [3.63, 3.8) is 0 Å². The fraction of sp³-hybridized carbons (Fsp3) is 0.500. The van der Waals surface area contributed by atoms with Gasteiger partial charge in [0.05, 0.1) is 5.56 Å². The molecule has 0 aliphatic carbocycles. The number of benzene rings is 1. The van der Waals surface area contributed by atoms with E-state index in [1.54, 1.807) is 13.0 Å². The summed E-state index contributed by atoms with van der Waals surface area (Å²) in [6.07, 6.45) is -4.26. The minimum atomic E-state index is -4.26. The third-order valence-corrected chi connectivity index (χ3v) is 1.83. The van der Waals surface area contributed by atoms with Crippen molar-refractivity contribution in [2.45, 2.75) is 40.8 Å². The van der Waals surface area contributed by atoms with Gasteiger partial charge in [-0.05, 0) is 30.7 Å². The maximum atomic E-state index is 12.1. The zero-order chi connectivity index (χ0) is 13.4. The zero-order valence-corrected chi connectivity index (χ0v) is 11.8. The van der Waals surface area contributed by atoms with E-state index >= 15 is 0 Å². The molecule has 1 rings (SSSR count). The van der Waals surface area contributed by atoms with Gasteiger partial charge in [-0.1, -0.05) is 43.6 Å². The van der Waals surface area contributed by atoms with E-state index in [-0.39, 0.29) is 0 Å². The minimum absolute atomic E-state index is 0.454. The first-order valence-corrected chi connectivity index (χ1v) is 6.03. The molecule has 0 fully saturated rings. The van der Waals surface area contributed by atoms with Crippen molar-refractivity contribution in [1.29, 1.82) is 0 Å². The highest BCUT2D eigenvalue weighted by Crippen LogP contribution is 2.31. The number of halogens is 4. The van der Waals surface area contributed by atoms with E-state index in [2.05, 4.69) is 15.9 Å². The number of aryl methyl sites for hydroxylation is 1. The van der Waals surface area contributed by atoms with Gasteiger partial charge in [0.15, 0.2) is 0 Å². The molecule has 1 aromatic carbocycles. The van der Waals surface area contributed by atoms with Gasteiger partial charge in [-0.3, -0.25) is 0 Å². The van der Waals surface area contributed by atoms with Crippen molar-refractivity contribution < 1.29 is 13.2 Å². The molecule has 0 atom stereocenters. The molecule has 0 saturated heterocycles. The molecule has 0 radical (unpaired) electrons. The van der Waals surface area contributed by atoms with E-state index in [1.165, 1.54) is 0 Å². The van der Waals surface area contributed by atoms with E-state index < -0.39 is 11.7 Å². The van der Waals surface area contributed by atoms with Gasteiger partial charge in [0.2, 0.25) is 0 Å². The molecule has 0 saturated carbocycles. The van der Waals surface area contributed by atoms with Crippen LogP contribution in [0.25, 0.3) is 0 Å². The summed E-state index contributed by atoms with van der Waals surface area (Å²) >= 11 is 3.01. The molecule has 0 spiro atoms. The van der Waals surface area contributed by atoms with Crippen molar-refractivity contribution in [2.75, 3.05) is 0 Å². The fourth-order valence-corrected chi connectivity index (χ4v) is 1.51. The molecule has 0 amide bonds. The molecule has 0 unspecified atom stereocenters. The Labute approximate surface area is 104 Å². The Balaban J connectivity index is 0.